The zero-order valence-electron chi connectivity index (χ0n) is 11.4. The summed E-state index contributed by atoms with van der Waals surface area (Å²) in [6.07, 6.45) is 0. The first-order chi connectivity index (χ1) is 8.74. The Bertz CT molecular complexity index is 527. The van der Waals surface area contributed by atoms with Crippen LogP contribution in [0.15, 0.2) is 18.2 Å². The molecular weight excluding hydrogens is 286 g/mol. The molecule has 0 radical (unpaired) electrons. The van der Waals surface area contributed by atoms with Gasteiger partial charge < -0.3 is 10.5 Å². The van der Waals surface area contributed by atoms with Gasteiger partial charge in [0.15, 0.2) is 9.84 Å². The summed E-state index contributed by atoms with van der Waals surface area (Å²) in [5.41, 5.74) is 6.60. The second-order valence-corrected chi connectivity index (χ2v) is 7.85. The molecule has 0 fully saturated rings. The second kappa shape index (κ2) is 6.59. The van der Waals surface area contributed by atoms with Crippen LogP contribution in [0.3, 0.4) is 0 Å². The molecule has 0 aliphatic heterocycles. The van der Waals surface area contributed by atoms with Crippen LogP contribution < -0.4 is 10.5 Å². The molecule has 19 heavy (non-hydrogen) atoms. The fourth-order valence-electron chi connectivity index (χ4n) is 1.51. The van der Waals surface area contributed by atoms with Gasteiger partial charge in [-0.3, -0.25) is 0 Å². The van der Waals surface area contributed by atoms with Crippen molar-refractivity contribution in [3.05, 3.63) is 28.8 Å². The number of hydrogen-bond donors (Lipinski definition) is 1. The Balaban J connectivity index is 2.74. The Hall–Kier alpha value is -0.780. The zero-order valence-corrected chi connectivity index (χ0v) is 13.0. The fraction of sp³-hybridized carbons (Fsp3) is 0.538. The van der Waals surface area contributed by atoms with E-state index in [-0.39, 0.29) is 18.4 Å². The van der Waals surface area contributed by atoms with Gasteiger partial charge in [-0.1, -0.05) is 11.6 Å². The van der Waals surface area contributed by atoms with E-state index in [1.54, 1.807) is 32.0 Å². The molecule has 108 valence electrons. The van der Waals surface area contributed by atoms with Gasteiger partial charge in [0.05, 0.1) is 11.0 Å². The van der Waals surface area contributed by atoms with Crippen molar-refractivity contribution in [2.24, 2.45) is 5.73 Å². The Morgan fingerprint density at radius 1 is 1.32 bits per heavy atom. The number of ether oxygens (including phenoxy) is 1. The van der Waals surface area contributed by atoms with E-state index in [1.807, 2.05) is 6.92 Å². The normalized spacial score (nSPS) is 13.6. The van der Waals surface area contributed by atoms with Crippen LogP contribution >= 0.6 is 11.6 Å². The van der Waals surface area contributed by atoms with Gasteiger partial charge in [-0.2, -0.15) is 0 Å². The molecule has 0 aromatic heterocycles. The van der Waals surface area contributed by atoms with Crippen LogP contribution in [0.4, 0.5) is 0 Å². The number of benzene rings is 1. The standard InChI is InChI=1S/C13H20ClNO3S/c1-9(2)19(16,17)7-6-18-13-5-4-11(14)8-12(13)10(3)15/h4-5,8-10H,6-7,15H2,1-3H3. The van der Waals surface area contributed by atoms with Crippen LogP contribution in [0.25, 0.3) is 0 Å². The van der Waals surface area contributed by atoms with E-state index in [9.17, 15) is 8.42 Å². The summed E-state index contributed by atoms with van der Waals surface area (Å²) in [7, 11) is -3.09. The first kappa shape index (κ1) is 16.3. The van der Waals surface area contributed by atoms with E-state index >= 15 is 0 Å². The van der Waals surface area contributed by atoms with Gasteiger partial charge in [-0.15, -0.1) is 0 Å². The molecule has 0 spiro atoms. The minimum atomic E-state index is -3.09. The van der Waals surface area contributed by atoms with Crippen molar-refractivity contribution < 1.29 is 13.2 Å². The maximum absolute atomic E-state index is 11.7. The van der Waals surface area contributed by atoms with E-state index in [4.69, 9.17) is 22.1 Å². The van der Waals surface area contributed by atoms with Gasteiger partial charge in [-0.25, -0.2) is 8.42 Å². The van der Waals surface area contributed by atoms with Gasteiger partial charge >= 0.3 is 0 Å². The summed E-state index contributed by atoms with van der Waals surface area (Å²) in [5, 5.41) is 0.184. The SMILES string of the molecule is CC(N)c1cc(Cl)ccc1OCCS(=O)(=O)C(C)C. The van der Waals surface area contributed by atoms with Crippen LogP contribution in [0.1, 0.15) is 32.4 Å². The summed E-state index contributed by atoms with van der Waals surface area (Å²) in [4.78, 5) is 0. The van der Waals surface area contributed by atoms with Gasteiger partial charge in [0.2, 0.25) is 0 Å². The average molecular weight is 306 g/mol. The lowest BCUT2D eigenvalue weighted by atomic mass is 10.1. The lowest BCUT2D eigenvalue weighted by Crippen LogP contribution is -2.22. The summed E-state index contributed by atoms with van der Waals surface area (Å²) < 4.78 is 28.9. The Morgan fingerprint density at radius 3 is 2.47 bits per heavy atom. The van der Waals surface area contributed by atoms with E-state index in [0.29, 0.717) is 10.8 Å². The first-order valence-electron chi connectivity index (χ1n) is 6.13. The molecule has 1 rings (SSSR count). The third-order valence-electron chi connectivity index (χ3n) is 2.81. The molecule has 0 amide bonds. The maximum Gasteiger partial charge on any atom is 0.155 e. The molecule has 0 saturated carbocycles. The monoisotopic (exact) mass is 305 g/mol. The molecule has 1 unspecified atom stereocenters. The zero-order chi connectivity index (χ0) is 14.6. The van der Waals surface area contributed by atoms with E-state index in [0.717, 1.165) is 5.56 Å². The number of rotatable bonds is 6. The maximum atomic E-state index is 11.7. The smallest absolute Gasteiger partial charge is 0.155 e. The lowest BCUT2D eigenvalue weighted by Gasteiger charge is -2.15. The number of hydrogen-bond acceptors (Lipinski definition) is 4. The van der Waals surface area contributed by atoms with Crippen molar-refractivity contribution in [3.63, 3.8) is 0 Å². The molecule has 1 atom stereocenters. The Morgan fingerprint density at radius 2 is 1.95 bits per heavy atom. The van der Waals surface area contributed by atoms with Gasteiger partial charge in [0.1, 0.15) is 12.4 Å². The third-order valence-corrected chi connectivity index (χ3v) is 5.21. The van der Waals surface area contributed by atoms with Crippen molar-refractivity contribution in [1.29, 1.82) is 0 Å². The fourth-order valence-corrected chi connectivity index (χ4v) is 2.48. The molecule has 6 heteroatoms. The summed E-state index contributed by atoms with van der Waals surface area (Å²) in [5.74, 6) is 0.574. The molecule has 0 aliphatic rings. The number of sulfone groups is 1. The Labute approximate surface area is 119 Å². The minimum absolute atomic E-state index is 0.00825. The summed E-state index contributed by atoms with van der Waals surface area (Å²) in [6.45, 7) is 5.25. The van der Waals surface area contributed by atoms with Gasteiger partial charge in [0.25, 0.3) is 0 Å². The van der Waals surface area contributed by atoms with Crippen molar-refractivity contribution in [2.45, 2.75) is 32.1 Å². The molecule has 1 aromatic carbocycles. The highest BCUT2D eigenvalue weighted by molar-refractivity contribution is 7.91. The minimum Gasteiger partial charge on any atom is -0.492 e. The van der Waals surface area contributed by atoms with E-state index in [1.165, 1.54) is 0 Å². The molecular formula is C13H20ClNO3S. The highest BCUT2D eigenvalue weighted by Gasteiger charge is 2.16. The second-order valence-electron chi connectivity index (χ2n) is 4.74. The molecule has 0 bridgehead atoms. The molecule has 0 aliphatic carbocycles. The highest BCUT2D eigenvalue weighted by atomic mass is 35.5. The van der Waals surface area contributed by atoms with Crippen molar-refractivity contribution >= 4 is 21.4 Å². The summed E-state index contributed by atoms with van der Waals surface area (Å²) in [6, 6.07) is 4.91. The van der Waals surface area contributed by atoms with Crippen LogP contribution in [0.5, 0.6) is 5.75 Å². The van der Waals surface area contributed by atoms with Gasteiger partial charge in [-0.05, 0) is 39.0 Å². The molecule has 2 N–H and O–H groups in total. The first-order valence-corrected chi connectivity index (χ1v) is 8.22. The predicted molar refractivity (Wildman–Crippen MR) is 78.5 cm³/mol. The average Bonchev–Trinajstić information content (AvgIpc) is 2.30. The third kappa shape index (κ3) is 4.67. The number of nitrogens with two attached hydrogens (primary N) is 1. The molecule has 0 saturated heterocycles. The summed E-state index contributed by atoms with van der Waals surface area (Å²) >= 11 is 5.90. The molecule has 4 nitrogen and oxygen atoms in total. The molecule has 0 heterocycles. The van der Waals surface area contributed by atoms with E-state index in [2.05, 4.69) is 0 Å². The van der Waals surface area contributed by atoms with Crippen LogP contribution in [-0.2, 0) is 9.84 Å². The number of halogens is 1. The van der Waals surface area contributed by atoms with Gasteiger partial charge in [0, 0.05) is 16.6 Å². The molecule has 1 aromatic rings. The van der Waals surface area contributed by atoms with Crippen molar-refractivity contribution in [3.8, 4) is 5.75 Å². The Kier molecular flexibility index (Phi) is 5.64. The van der Waals surface area contributed by atoms with Crippen molar-refractivity contribution in [2.75, 3.05) is 12.4 Å². The van der Waals surface area contributed by atoms with Crippen LogP contribution in [0.2, 0.25) is 5.02 Å². The van der Waals surface area contributed by atoms with Crippen molar-refractivity contribution in [1.82, 2.24) is 0 Å². The largest absolute Gasteiger partial charge is 0.492 e. The van der Waals surface area contributed by atoms with Crippen LogP contribution in [-0.4, -0.2) is 26.0 Å². The van der Waals surface area contributed by atoms with Crippen LogP contribution in [0, 0.1) is 0 Å². The van der Waals surface area contributed by atoms with E-state index < -0.39 is 15.1 Å². The lowest BCUT2D eigenvalue weighted by molar-refractivity contribution is 0.335. The topological polar surface area (TPSA) is 69.4 Å². The quantitative estimate of drug-likeness (QED) is 0.877. The predicted octanol–water partition coefficient (Wildman–Crippen LogP) is 2.56. The highest BCUT2D eigenvalue weighted by Crippen LogP contribution is 2.27.